The first-order chi connectivity index (χ1) is 21.4. The van der Waals surface area contributed by atoms with E-state index in [9.17, 15) is 13.2 Å². The summed E-state index contributed by atoms with van der Waals surface area (Å²) in [6, 6.07) is 26.4. The van der Waals surface area contributed by atoms with Crippen LogP contribution in [0.5, 0.6) is 11.5 Å². The molecule has 1 saturated heterocycles. The quantitative estimate of drug-likeness (QED) is 0.159. The van der Waals surface area contributed by atoms with E-state index in [1.54, 1.807) is 62.4 Å². The lowest BCUT2D eigenvalue weighted by Crippen LogP contribution is -2.53. The molecule has 4 aromatic rings. The van der Waals surface area contributed by atoms with Crippen molar-refractivity contribution in [3.8, 4) is 11.5 Å². The number of benzene rings is 4. The summed E-state index contributed by atoms with van der Waals surface area (Å²) in [6.07, 6.45) is 0.305. The van der Waals surface area contributed by atoms with Crippen molar-refractivity contribution in [3.63, 3.8) is 0 Å². The van der Waals surface area contributed by atoms with Gasteiger partial charge in [-0.1, -0.05) is 65.2 Å². The molecule has 0 bridgehead atoms. The minimum atomic E-state index is -4.13. The first-order valence-electron chi connectivity index (χ1n) is 14.4. The molecule has 1 aliphatic heterocycles. The van der Waals surface area contributed by atoms with Gasteiger partial charge in [-0.3, -0.25) is 8.98 Å². The van der Waals surface area contributed by atoms with Gasteiger partial charge in [-0.15, -0.1) is 0 Å². The van der Waals surface area contributed by atoms with Crippen LogP contribution in [0, 0.1) is 12.3 Å². The van der Waals surface area contributed by atoms with Crippen molar-refractivity contribution in [3.05, 3.63) is 123 Å². The number of rotatable bonds is 10. The highest BCUT2D eigenvalue weighted by Gasteiger charge is 2.50. The second kappa shape index (κ2) is 13.4. The van der Waals surface area contributed by atoms with Crippen molar-refractivity contribution >= 4 is 39.2 Å². The largest absolute Gasteiger partial charge is 0.497 e. The van der Waals surface area contributed by atoms with Crippen molar-refractivity contribution in [1.82, 2.24) is 4.90 Å². The van der Waals surface area contributed by atoms with Crippen LogP contribution in [0.4, 0.5) is 0 Å². The summed E-state index contributed by atoms with van der Waals surface area (Å²) < 4.78 is 43.3. The molecule has 0 aromatic heterocycles. The minimum Gasteiger partial charge on any atom is -0.497 e. The van der Waals surface area contributed by atoms with Crippen LogP contribution in [0.1, 0.15) is 47.6 Å². The molecular formula is C35H35Cl2NO6S. The lowest BCUT2D eigenvalue weighted by atomic mass is 9.69. The highest BCUT2D eigenvalue weighted by molar-refractivity contribution is 7.86. The van der Waals surface area contributed by atoms with Gasteiger partial charge in [0, 0.05) is 34.1 Å². The number of hydrogen-bond donors (Lipinski definition) is 0. The van der Waals surface area contributed by atoms with Crippen LogP contribution in [0.15, 0.2) is 95.9 Å². The van der Waals surface area contributed by atoms with E-state index < -0.39 is 21.6 Å². The molecule has 1 fully saturated rings. The van der Waals surface area contributed by atoms with Gasteiger partial charge in [-0.25, -0.2) is 0 Å². The Morgan fingerprint density at radius 2 is 1.58 bits per heavy atom. The van der Waals surface area contributed by atoms with E-state index in [4.69, 9.17) is 36.9 Å². The molecular weight excluding hydrogens is 633 g/mol. The normalized spacial score (nSPS) is 20.2. The fourth-order valence-corrected chi connectivity index (χ4v) is 7.27. The maximum atomic E-state index is 14.7. The molecule has 1 unspecified atom stereocenters. The van der Waals surface area contributed by atoms with E-state index >= 15 is 0 Å². The molecule has 7 nitrogen and oxygen atoms in total. The fourth-order valence-electron chi connectivity index (χ4n) is 5.92. The highest BCUT2D eigenvalue weighted by Crippen LogP contribution is 2.51. The number of carbonyl (C=O) groups is 1. The van der Waals surface area contributed by atoms with Crippen LogP contribution in [0.3, 0.4) is 0 Å². The van der Waals surface area contributed by atoms with Crippen LogP contribution in [0.25, 0.3) is 0 Å². The van der Waals surface area contributed by atoms with Gasteiger partial charge in [0.2, 0.25) is 5.91 Å². The number of methoxy groups -OCH3 is 2. The number of likely N-dealkylation sites (tertiary alicyclic amines) is 1. The van der Waals surface area contributed by atoms with Gasteiger partial charge in [-0.05, 0) is 79.9 Å². The molecule has 1 amide bonds. The zero-order valence-electron chi connectivity index (χ0n) is 25.5. The minimum absolute atomic E-state index is 0.0326. The number of amides is 1. The van der Waals surface area contributed by atoms with E-state index in [0.717, 1.165) is 22.3 Å². The zero-order chi connectivity index (χ0) is 32.4. The smallest absolute Gasteiger partial charge is 0.297 e. The van der Waals surface area contributed by atoms with Gasteiger partial charge >= 0.3 is 0 Å². The second-order valence-corrected chi connectivity index (χ2v) is 14.1. The summed E-state index contributed by atoms with van der Waals surface area (Å²) in [6.45, 7) is 3.46. The van der Waals surface area contributed by atoms with Gasteiger partial charge in [0.25, 0.3) is 10.1 Å². The van der Waals surface area contributed by atoms with Gasteiger partial charge in [0.05, 0.1) is 37.2 Å². The van der Waals surface area contributed by atoms with Crippen LogP contribution in [0.2, 0.25) is 10.0 Å². The van der Waals surface area contributed by atoms with Crippen molar-refractivity contribution in [1.29, 1.82) is 0 Å². The van der Waals surface area contributed by atoms with Crippen LogP contribution >= 0.6 is 23.2 Å². The number of aryl methyl sites for hydroxylation is 1. The average molecular weight is 669 g/mol. The van der Waals surface area contributed by atoms with Crippen molar-refractivity contribution in [2.24, 2.45) is 5.41 Å². The topological polar surface area (TPSA) is 82.1 Å². The molecule has 0 radical (unpaired) electrons. The molecule has 45 heavy (non-hydrogen) atoms. The Labute approximate surface area is 274 Å². The van der Waals surface area contributed by atoms with E-state index in [0.29, 0.717) is 28.0 Å². The Bertz CT molecular complexity index is 1780. The monoisotopic (exact) mass is 667 g/mol. The third-order valence-electron chi connectivity index (χ3n) is 8.33. The Kier molecular flexibility index (Phi) is 9.80. The van der Waals surface area contributed by atoms with E-state index in [2.05, 4.69) is 0 Å². The molecule has 0 N–H and O–H groups in total. The summed E-state index contributed by atoms with van der Waals surface area (Å²) >= 11 is 12.8. The predicted octanol–water partition coefficient (Wildman–Crippen LogP) is 7.99. The average Bonchev–Trinajstić information content (AvgIpc) is 3.03. The maximum absolute atomic E-state index is 14.7. The molecule has 10 heteroatoms. The molecule has 0 saturated carbocycles. The summed E-state index contributed by atoms with van der Waals surface area (Å²) in [5.41, 5.74) is 2.25. The van der Waals surface area contributed by atoms with Gasteiger partial charge in [0.1, 0.15) is 11.5 Å². The summed E-state index contributed by atoms with van der Waals surface area (Å²) in [4.78, 5) is 16.5. The molecule has 1 heterocycles. The molecule has 1 aliphatic rings. The summed E-state index contributed by atoms with van der Waals surface area (Å²) in [5, 5.41) is 1.13. The van der Waals surface area contributed by atoms with Gasteiger partial charge in [-0.2, -0.15) is 8.42 Å². The van der Waals surface area contributed by atoms with E-state index in [-0.39, 0.29) is 29.9 Å². The van der Waals surface area contributed by atoms with Crippen LogP contribution < -0.4 is 9.47 Å². The molecule has 236 valence electrons. The number of ether oxygens (including phenoxy) is 2. The molecule has 0 aliphatic carbocycles. The van der Waals surface area contributed by atoms with Crippen molar-refractivity contribution in [2.75, 3.05) is 20.8 Å². The number of piperidine rings is 1. The number of hydrogen-bond acceptors (Lipinski definition) is 6. The van der Waals surface area contributed by atoms with Gasteiger partial charge in [0.15, 0.2) is 0 Å². The Balaban J connectivity index is 1.61. The second-order valence-electron chi connectivity index (χ2n) is 11.6. The molecule has 3 atom stereocenters. The molecule has 5 rings (SSSR count). The lowest BCUT2D eigenvalue weighted by Gasteiger charge is -2.49. The first-order valence-corrected chi connectivity index (χ1v) is 16.6. The number of nitrogens with zero attached hydrogens (tertiary/aromatic N) is 1. The highest BCUT2D eigenvalue weighted by atomic mass is 35.5. The third-order valence-corrected chi connectivity index (χ3v) is 10.1. The third kappa shape index (κ3) is 7.15. The maximum Gasteiger partial charge on any atom is 0.297 e. The Hall–Kier alpha value is -3.56. The number of carbonyl (C=O) groups excluding carboxylic acids is 1. The van der Waals surface area contributed by atoms with Crippen LogP contribution in [-0.2, 0) is 25.6 Å². The van der Waals surface area contributed by atoms with E-state index in [1.165, 1.54) is 12.1 Å². The summed E-state index contributed by atoms with van der Waals surface area (Å²) in [7, 11) is -0.993. The van der Waals surface area contributed by atoms with Crippen LogP contribution in [-0.4, -0.2) is 40.1 Å². The zero-order valence-corrected chi connectivity index (χ0v) is 27.8. The summed E-state index contributed by atoms with van der Waals surface area (Å²) in [5.74, 6) is 0.646. The van der Waals surface area contributed by atoms with Crippen molar-refractivity contribution in [2.45, 2.75) is 43.7 Å². The Morgan fingerprint density at radius 1 is 0.867 bits per heavy atom. The van der Waals surface area contributed by atoms with Crippen molar-refractivity contribution < 1.29 is 26.9 Å². The molecule has 4 aromatic carbocycles. The first kappa shape index (κ1) is 32.8. The predicted molar refractivity (Wildman–Crippen MR) is 176 cm³/mol. The fraction of sp³-hybridized carbons (Fsp3) is 0.286. The number of halogens is 2. The van der Waals surface area contributed by atoms with E-state index in [1.807, 2.05) is 49.4 Å². The lowest BCUT2D eigenvalue weighted by molar-refractivity contribution is -0.154. The Morgan fingerprint density at radius 3 is 2.22 bits per heavy atom. The standard InChI is InChI=1S/C35H35Cl2NO6S/c1-23-8-16-30(17-9-23)45(40,41)44-22-35(2)20-31(25-6-5-7-28(37)18-25)33(24-10-13-27(36)14-11-24)38(34(35)39)21-26-12-15-29(42-3)19-32(26)43-4/h5-19,31,33H,20-22H2,1-4H3/t31-,33-,35?/m1/s1. The van der Waals surface area contributed by atoms with Gasteiger partial charge < -0.3 is 14.4 Å². The SMILES string of the molecule is COc1ccc(CN2C(=O)C(C)(COS(=O)(=O)c3ccc(C)cc3)C[C@H](c3cccc(Cl)c3)[C@H]2c2ccc(Cl)cc2)c(OC)c1. The molecule has 0 spiro atoms.